The van der Waals surface area contributed by atoms with Crippen LogP contribution in [0.3, 0.4) is 0 Å². The van der Waals surface area contributed by atoms with Gasteiger partial charge in [0.25, 0.3) is 0 Å². The van der Waals surface area contributed by atoms with Crippen LogP contribution < -0.4 is 0 Å². The molecule has 0 aromatic rings. The predicted octanol–water partition coefficient (Wildman–Crippen LogP) is 1.03. The van der Waals surface area contributed by atoms with Gasteiger partial charge in [-0.2, -0.15) is 0 Å². The van der Waals surface area contributed by atoms with E-state index < -0.39 is 0 Å². The summed E-state index contributed by atoms with van der Waals surface area (Å²) in [5.74, 6) is 0. The molecule has 0 aliphatic carbocycles. The molecule has 0 bridgehead atoms. The summed E-state index contributed by atoms with van der Waals surface area (Å²) >= 11 is 0. The van der Waals surface area contributed by atoms with E-state index in [1.165, 1.54) is 0 Å². The third kappa shape index (κ3) is 5.92. The lowest BCUT2D eigenvalue weighted by atomic mass is 10.5. The molecular formula is C6H14OSi. The summed E-state index contributed by atoms with van der Waals surface area (Å²) < 4.78 is 5.33. The van der Waals surface area contributed by atoms with E-state index >= 15 is 0 Å². The molecule has 0 radical (unpaired) electrons. The molecule has 0 aromatic carbocycles. The summed E-state index contributed by atoms with van der Waals surface area (Å²) in [4.78, 5) is 0. The van der Waals surface area contributed by atoms with E-state index in [0.717, 1.165) is 0 Å². The Labute approximate surface area is 53.7 Å². The van der Waals surface area contributed by atoms with Crippen molar-refractivity contribution in [1.82, 2.24) is 0 Å². The van der Waals surface area contributed by atoms with Crippen LogP contribution in [-0.4, -0.2) is 15.9 Å². The van der Waals surface area contributed by atoms with E-state index in [1.54, 1.807) is 0 Å². The van der Waals surface area contributed by atoms with Crippen LogP contribution in [0.5, 0.6) is 0 Å². The van der Waals surface area contributed by atoms with E-state index in [1.807, 2.05) is 6.92 Å². The lowest BCUT2D eigenvalue weighted by molar-refractivity contribution is 0.260. The summed E-state index contributed by atoms with van der Waals surface area (Å²) in [6, 6.07) is 0. The number of hydrogen-bond donors (Lipinski definition) is 0. The van der Waals surface area contributed by atoms with Crippen LogP contribution >= 0.6 is 0 Å². The molecule has 1 nitrogen and oxygen atoms in total. The fourth-order valence-corrected chi connectivity index (χ4v) is 1.03. The summed E-state index contributed by atoms with van der Waals surface area (Å²) in [6.07, 6.45) is 2.46. The molecule has 0 aromatic heterocycles. The van der Waals surface area contributed by atoms with Crippen LogP contribution in [-0.2, 0) is 4.43 Å². The van der Waals surface area contributed by atoms with E-state index in [2.05, 4.69) is 25.6 Å². The summed E-state index contributed by atoms with van der Waals surface area (Å²) in [5, 5.41) is 0. The molecule has 0 fully saturated rings. The Morgan fingerprint density at radius 2 is 2.12 bits per heavy atom. The SMILES string of the molecule is C/C=C/[SiH2]OC(C)C. The van der Waals surface area contributed by atoms with Crippen molar-refractivity contribution in [1.29, 1.82) is 0 Å². The normalized spacial score (nSPS) is 13.0. The first kappa shape index (κ1) is 7.92. The maximum atomic E-state index is 5.33. The highest BCUT2D eigenvalue weighted by Gasteiger charge is 1.86. The van der Waals surface area contributed by atoms with Crippen molar-refractivity contribution in [3.8, 4) is 0 Å². The van der Waals surface area contributed by atoms with E-state index in [0.29, 0.717) is 6.10 Å². The summed E-state index contributed by atoms with van der Waals surface area (Å²) in [6.45, 7) is 6.16. The van der Waals surface area contributed by atoms with Crippen molar-refractivity contribution in [2.45, 2.75) is 26.9 Å². The number of hydrogen-bond acceptors (Lipinski definition) is 1. The Kier molecular flexibility index (Phi) is 5.01. The van der Waals surface area contributed by atoms with Gasteiger partial charge in [-0.15, -0.1) is 0 Å². The van der Waals surface area contributed by atoms with Crippen molar-refractivity contribution in [2.75, 3.05) is 0 Å². The molecule has 0 atom stereocenters. The zero-order chi connectivity index (χ0) is 6.41. The molecular weight excluding hydrogens is 116 g/mol. The molecule has 0 rings (SSSR count). The third-order valence-corrected chi connectivity index (χ3v) is 2.28. The van der Waals surface area contributed by atoms with Gasteiger partial charge in [-0.3, -0.25) is 0 Å². The van der Waals surface area contributed by atoms with Crippen LogP contribution in [0.1, 0.15) is 20.8 Å². The molecule has 0 heterocycles. The smallest absolute Gasteiger partial charge is 0.185 e. The topological polar surface area (TPSA) is 9.23 Å². The van der Waals surface area contributed by atoms with Crippen molar-refractivity contribution < 1.29 is 4.43 Å². The molecule has 2 heteroatoms. The van der Waals surface area contributed by atoms with Gasteiger partial charge in [0.15, 0.2) is 9.76 Å². The van der Waals surface area contributed by atoms with E-state index in [4.69, 9.17) is 4.43 Å². The standard InChI is InChI=1S/C6H14OSi/c1-4-5-8-7-6(2)3/h4-6H,8H2,1-3H3/b5-4+. The second-order valence-corrected chi connectivity index (χ2v) is 3.09. The Bertz CT molecular complexity index is 68.9. The minimum Gasteiger partial charge on any atom is -0.417 e. The van der Waals surface area contributed by atoms with Crippen molar-refractivity contribution >= 4 is 9.76 Å². The molecule has 0 amide bonds. The van der Waals surface area contributed by atoms with Crippen LogP contribution in [0.4, 0.5) is 0 Å². The third-order valence-electron chi connectivity index (χ3n) is 0.761. The van der Waals surface area contributed by atoms with Gasteiger partial charge in [0.05, 0.1) is 0 Å². The maximum absolute atomic E-state index is 5.33. The molecule has 0 N–H and O–H groups in total. The molecule has 0 aliphatic heterocycles. The molecule has 0 saturated heterocycles. The Morgan fingerprint density at radius 3 is 2.50 bits per heavy atom. The van der Waals surface area contributed by atoms with Gasteiger partial charge in [-0.25, -0.2) is 0 Å². The molecule has 8 heavy (non-hydrogen) atoms. The second-order valence-electron chi connectivity index (χ2n) is 1.95. The van der Waals surface area contributed by atoms with Gasteiger partial charge in [0.2, 0.25) is 0 Å². The minimum atomic E-state index is -0.317. The first-order chi connectivity index (χ1) is 3.77. The monoisotopic (exact) mass is 130 g/mol. The minimum absolute atomic E-state index is 0.317. The van der Waals surface area contributed by atoms with Crippen LogP contribution in [0, 0.1) is 0 Å². The average molecular weight is 130 g/mol. The Morgan fingerprint density at radius 1 is 1.50 bits per heavy atom. The van der Waals surface area contributed by atoms with Gasteiger partial charge in [-0.05, 0) is 20.8 Å². The van der Waals surface area contributed by atoms with Gasteiger partial charge >= 0.3 is 0 Å². The Balaban J connectivity index is 2.93. The van der Waals surface area contributed by atoms with Crippen molar-refractivity contribution in [3.05, 3.63) is 11.8 Å². The zero-order valence-corrected chi connectivity index (χ0v) is 7.26. The quantitative estimate of drug-likeness (QED) is 0.518. The number of rotatable bonds is 3. The fraction of sp³-hybridized carbons (Fsp3) is 0.667. The van der Waals surface area contributed by atoms with Gasteiger partial charge in [-0.1, -0.05) is 11.8 Å². The van der Waals surface area contributed by atoms with Crippen LogP contribution in [0.25, 0.3) is 0 Å². The highest BCUT2D eigenvalue weighted by molar-refractivity contribution is 6.34. The van der Waals surface area contributed by atoms with Crippen LogP contribution in [0.2, 0.25) is 0 Å². The van der Waals surface area contributed by atoms with E-state index in [-0.39, 0.29) is 9.76 Å². The first-order valence-corrected chi connectivity index (χ1v) is 4.39. The first-order valence-electron chi connectivity index (χ1n) is 3.00. The summed E-state index contributed by atoms with van der Waals surface area (Å²) in [5.41, 5.74) is 2.14. The van der Waals surface area contributed by atoms with Gasteiger partial charge in [0.1, 0.15) is 0 Å². The molecule has 0 unspecified atom stereocenters. The Hall–Kier alpha value is -0.0831. The van der Waals surface area contributed by atoms with E-state index in [9.17, 15) is 0 Å². The summed E-state index contributed by atoms with van der Waals surface area (Å²) in [7, 11) is -0.317. The van der Waals surface area contributed by atoms with Crippen LogP contribution in [0.15, 0.2) is 11.8 Å². The lowest BCUT2D eigenvalue weighted by Gasteiger charge is -2.01. The second kappa shape index (κ2) is 5.06. The molecule has 0 saturated carbocycles. The van der Waals surface area contributed by atoms with Crippen molar-refractivity contribution in [2.24, 2.45) is 0 Å². The molecule has 0 spiro atoms. The number of allylic oxidation sites excluding steroid dienone is 1. The maximum Gasteiger partial charge on any atom is 0.185 e. The molecule has 0 aliphatic rings. The van der Waals surface area contributed by atoms with Gasteiger partial charge in [0, 0.05) is 6.10 Å². The highest BCUT2D eigenvalue weighted by Crippen LogP contribution is 1.83. The fourth-order valence-electron chi connectivity index (χ4n) is 0.344. The van der Waals surface area contributed by atoms with Gasteiger partial charge < -0.3 is 4.43 Å². The lowest BCUT2D eigenvalue weighted by Crippen LogP contribution is -2.04. The largest absolute Gasteiger partial charge is 0.417 e. The molecule has 48 valence electrons. The average Bonchev–Trinajstić information content (AvgIpc) is 1.66. The predicted molar refractivity (Wildman–Crippen MR) is 39.6 cm³/mol. The highest BCUT2D eigenvalue weighted by atomic mass is 28.2. The van der Waals surface area contributed by atoms with Crippen molar-refractivity contribution in [3.63, 3.8) is 0 Å². The zero-order valence-electron chi connectivity index (χ0n) is 5.85.